The SMILES string of the molecule is CCCc1c(CN)oc2c(OC)cc(C)cc12. The van der Waals surface area contributed by atoms with E-state index in [2.05, 4.69) is 19.9 Å². The molecule has 1 heterocycles. The van der Waals surface area contributed by atoms with Crippen molar-refractivity contribution in [2.45, 2.75) is 33.2 Å². The van der Waals surface area contributed by atoms with Gasteiger partial charge in [-0.05, 0) is 31.0 Å². The number of nitrogens with two attached hydrogens (primary N) is 1. The molecule has 92 valence electrons. The molecule has 0 bridgehead atoms. The molecule has 0 spiro atoms. The molecule has 0 fully saturated rings. The van der Waals surface area contributed by atoms with Gasteiger partial charge in [0, 0.05) is 10.9 Å². The number of rotatable bonds is 4. The molecule has 0 aliphatic carbocycles. The zero-order valence-electron chi connectivity index (χ0n) is 10.7. The second-order valence-electron chi connectivity index (χ2n) is 4.30. The molecule has 0 aliphatic heterocycles. The fourth-order valence-corrected chi connectivity index (χ4v) is 2.24. The van der Waals surface area contributed by atoms with E-state index in [0.717, 1.165) is 35.3 Å². The molecule has 2 aromatic rings. The molecular formula is C14H19NO2. The number of hydrogen-bond donors (Lipinski definition) is 1. The Hall–Kier alpha value is -1.48. The van der Waals surface area contributed by atoms with Gasteiger partial charge >= 0.3 is 0 Å². The first-order chi connectivity index (χ1) is 8.21. The van der Waals surface area contributed by atoms with Crippen LogP contribution in [0.2, 0.25) is 0 Å². The minimum Gasteiger partial charge on any atom is -0.493 e. The molecule has 1 aromatic heterocycles. The number of benzene rings is 1. The van der Waals surface area contributed by atoms with Gasteiger partial charge in [0.15, 0.2) is 11.3 Å². The summed E-state index contributed by atoms with van der Waals surface area (Å²) in [5.41, 5.74) is 8.97. The molecule has 17 heavy (non-hydrogen) atoms. The van der Waals surface area contributed by atoms with Gasteiger partial charge < -0.3 is 14.9 Å². The Morgan fingerprint density at radius 1 is 1.35 bits per heavy atom. The van der Waals surface area contributed by atoms with E-state index in [1.807, 2.05) is 6.07 Å². The van der Waals surface area contributed by atoms with Crippen molar-refractivity contribution in [2.24, 2.45) is 5.73 Å². The monoisotopic (exact) mass is 233 g/mol. The topological polar surface area (TPSA) is 48.4 Å². The summed E-state index contributed by atoms with van der Waals surface area (Å²) in [7, 11) is 1.67. The van der Waals surface area contributed by atoms with E-state index in [1.165, 1.54) is 11.1 Å². The summed E-state index contributed by atoms with van der Waals surface area (Å²) >= 11 is 0. The van der Waals surface area contributed by atoms with Gasteiger partial charge in [0.25, 0.3) is 0 Å². The van der Waals surface area contributed by atoms with Crippen molar-refractivity contribution < 1.29 is 9.15 Å². The minimum absolute atomic E-state index is 0.437. The number of hydrogen-bond acceptors (Lipinski definition) is 3. The van der Waals surface area contributed by atoms with Gasteiger partial charge in [0.2, 0.25) is 0 Å². The lowest BCUT2D eigenvalue weighted by molar-refractivity contribution is 0.407. The molecule has 2 rings (SSSR count). The lowest BCUT2D eigenvalue weighted by Crippen LogP contribution is -1.98. The third-order valence-corrected chi connectivity index (χ3v) is 2.99. The maximum Gasteiger partial charge on any atom is 0.176 e. The second kappa shape index (κ2) is 4.80. The van der Waals surface area contributed by atoms with E-state index >= 15 is 0 Å². The van der Waals surface area contributed by atoms with Crippen molar-refractivity contribution in [3.05, 3.63) is 29.0 Å². The van der Waals surface area contributed by atoms with Gasteiger partial charge in [0.05, 0.1) is 13.7 Å². The van der Waals surface area contributed by atoms with Crippen molar-refractivity contribution >= 4 is 11.0 Å². The average molecular weight is 233 g/mol. The van der Waals surface area contributed by atoms with Gasteiger partial charge in [-0.1, -0.05) is 13.3 Å². The molecule has 3 heteroatoms. The van der Waals surface area contributed by atoms with Crippen LogP contribution in [0.25, 0.3) is 11.0 Å². The second-order valence-corrected chi connectivity index (χ2v) is 4.30. The molecular weight excluding hydrogens is 214 g/mol. The zero-order valence-corrected chi connectivity index (χ0v) is 10.7. The molecule has 1 aromatic carbocycles. The van der Waals surface area contributed by atoms with E-state index < -0.39 is 0 Å². The minimum atomic E-state index is 0.437. The highest BCUT2D eigenvalue weighted by Gasteiger charge is 2.16. The van der Waals surface area contributed by atoms with Crippen molar-refractivity contribution in [1.82, 2.24) is 0 Å². The van der Waals surface area contributed by atoms with Gasteiger partial charge in [-0.25, -0.2) is 0 Å². The smallest absolute Gasteiger partial charge is 0.176 e. The first kappa shape index (κ1) is 12.0. The maximum absolute atomic E-state index is 5.83. The number of furan rings is 1. The van der Waals surface area contributed by atoms with E-state index in [4.69, 9.17) is 14.9 Å². The lowest BCUT2D eigenvalue weighted by Gasteiger charge is -2.02. The first-order valence-corrected chi connectivity index (χ1v) is 6.00. The maximum atomic E-state index is 5.83. The molecule has 0 unspecified atom stereocenters. The summed E-state index contributed by atoms with van der Waals surface area (Å²) in [6.07, 6.45) is 2.07. The van der Waals surface area contributed by atoms with Crippen LogP contribution in [0.3, 0.4) is 0 Å². The summed E-state index contributed by atoms with van der Waals surface area (Å²) in [4.78, 5) is 0. The van der Waals surface area contributed by atoms with E-state index in [-0.39, 0.29) is 0 Å². The molecule has 0 amide bonds. The van der Waals surface area contributed by atoms with Gasteiger partial charge in [0.1, 0.15) is 5.76 Å². The largest absolute Gasteiger partial charge is 0.493 e. The standard InChI is InChI=1S/C14H19NO2/c1-4-5-10-11-6-9(2)7-12(16-3)14(11)17-13(10)8-15/h6-7H,4-5,8,15H2,1-3H3. The average Bonchev–Trinajstić information content (AvgIpc) is 2.67. The van der Waals surface area contributed by atoms with Crippen molar-refractivity contribution in [2.75, 3.05) is 7.11 Å². The Bertz CT molecular complexity index is 528. The number of methoxy groups -OCH3 is 1. The van der Waals surface area contributed by atoms with Crippen LogP contribution in [-0.4, -0.2) is 7.11 Å². The highest BCUT2D eigenvalue weighted by Crippen LogP contribution is 2.34. The Morgan fingerprint density at radius 3 is 2.71 bits per heavy atom. The fourth-order valence-electron chi connectivity index (χ4n) is 2.24. The van der Waals surface area contributed by atoms with Crippen LogP contribution in [0.1, 0.15) is 30.2 Å². The molecule has 2 N–H and O–H groups in total. The Balaban J connectivity index is 2.73. The van der Waals surface area contributed by atoms with Gasteiger partial charge in [-0.3, -0.25) is 0 Å². The summed E-state index contributed by atoms with van der Waals surface area (Å²) < 4.78 is 11.2. The van der Waals surface area contributed by atoms with Crippen LogP contribution in [0, 0.1) is 6.92 Å². The highest BCUT2D eigenvalue weighted by molar-refractivity contribution is 5.88. The molecule has 0 aliphatic rings. The van der Waals surface area contributed by atoms with Gasteiger partial charge in [-0.15, -0.1) is 0 Å². The number of ether oxygens (including phenoxy) is 1. The normalized spacial score (nSPS) is 11.1. The highest BCUT2D eigenvalue weighted by atomic mass is 16.5. The molecule has 0 atom stereocenters. The van der Waals surface area contributed by atoms with Gasteiger partial charge in [-0.2, -0.15) is 0 Å². The van der Waals surface area contributed by atoms with Crippen LogP contribution in [0.15, 0.2) is 16.5 Å². The van der Waals surface area contributed by atoms with E-state index in [1.54, 1.807) is 7.11 Å². The predicted molar refractivity (Wildman–Crippen MR) is 69.4 cm³/mol. The Labute approximate surface area is 102 Å². The molecule has 0 saturated carbocycles. The third-order valence-electron chi connectivity index (χ3n) is 2.99. The van der Waals surface area contributed by atoms with Crippen molar-refractivity contribution in [1.29, 1.82) is 0 Å². The number of aryl methyl sites for hydroxylation is 2. The van der Waals surface area contributed by atoms with Crippen LogP contribution in [0.4, 0.5) is 0 Å². The molecule has 0 saturated heterocycles. The van der Waals surface area contributed by atoms with Crippen LogP contribution < -0.4 is 10.5 Å². The Kier molecular flexibility index (Phi) is 3.38. The summed E-state index contributed by atoms with van der Waals surface area (Å²) in [6, 6.07) is 4.13. The van der Waals surface area contributed by atoms with Crippen molar-refractivity contribution in [3.8, 4) is 5.75 Å². The predicted octanol–water partition coefficient (Wildman–Crippen LogP) is 3.16. The zero-order chi connectivity index (χ0) is 12.4. The summed E-state index contributed by atoms with van der Waals surface area (Å²) in [6.45, 7) is 4.66. The lowest BCUT2D eigenvalue weighted by atomic mass is 10.0. The van der Waals surface area contributed by atoms with Crippen molar-refractivity contribution in [3.63, 3.8) is 0 Å². The van der Waals surface area contributed by atoms with E-state index in [0.29, 0.717) is 6.54 Å². The van der Waals surface area contributed by atoms with E-state index in [9.17, 15) is 0 Å². The number of fused-ring (bicyclic) bond motifs is 1. The summed E-state index contributed by atoms with van der Waals surface area (Å²) in [5, 5.41) is 1.14. The first-order valence-electron chi connectivity index (χ1n) is 6.00. The fraction of sp³-hybridized carbons (Fsp3) is 0.429. The molecule has 3 nitrogen and oxygen atoms in total. The third kappa shape index (κ3) is 2.03. The Morgan fingerprint density at radius 2 is 2.12 bits per heavy atom. The van der Waals surface area contributed by atoms with Crippen LogP contribution in [0.5, 0.6) is 5.75 Å². The summed E-state index contributed by atoms with van der Waals surface area (Å²) in [5.74, 6) is 1.67. The van der Waals surface area contributed by atoms with Crippen LogP contribution in [-0.2, 0) is 13.0 Å². The quantitative estimate of drug-likeness (QED) is 0.882. The van der Waals surface area contributed by atoms with Crippen LogP contribution >= 0.6 is 0 Å². The molecule has 0 radical (unpaired) electrons.